The summed E-state index contributed by atoms with van der Waals surface area (Å²) in [5.41, 5.74) is 8.89. The van der Waals surface area contributed by atoms with Crippen LogP contribution >= 0.6 is 15.9 Å². The van der Waals surface area contributed by atoms with E-state index in [0.717, 1.165) is 32.7 Å². The highest BCUT2D eigenvalue weighted by molar-refractivity contribution is 9.10. The molecule has 0 radical (unpaired) electrons. The maximum atomic E-state index is 6.14. The van der Waals surface area contributed by atoms with Gasteiger partial charge in [0.05, 0.1) is 23.1 Å². The SMILES string of the molecule is C[C@H]1CC[C@@H](Nc2c(N)cnc3ccc(Br)cc23)CC1. The third-order valence-corrected chi connectivity index (χ3v) is 4.72. The molecule has 4 heteroatoms. The Morgan fingerprint density at radius 3 is 2.75 bits per heavy atom. The van der Waals surface area contributed by atoms with Crippen LogP contribution in [0.25, 0.3) is 10.9 Å². The third kappa shape index (κ3) is 2.75. The minimum absolute atomic E-state index is 0.526. The molecule has 0 bridgehead atoms. The number of aromatic nitrogens is 1. The van der Waals surface area contributed by atoms with Crippen molar-refractivity contribution in [2.24, 2.45) is 5.92 Å². The van der Waals surface area contributed by atoms with Crippen LogP contribution in [0.2, 0.25) is 0 Å². The molecule has 0 atom stereocenters. The van der Waals surface area contributed by atoms with Crippen molar-refractivity contribution in [3.8, 4) is 0 Å². The molecular weight excluding hydrogens is 314 g/mol. The molecule has 1 heterocycles. The summed E-state index contributed by atoms with van der Waals surface area (Å²) < 4.78 is 1.05. The first-order valence-electron chi connectivity index (χ1n) is 7.24. The zero-order valence-corrected chi connectivity index (χ0v) is 13.3. The van der Waals surface area contributed by atoms with Gasteiger partial charge in [0.15, 0.2) is 0 Å². The molecule has 1 aromatic heterocycles. The number of hydrogen-bond acceptors (Lipinski definition) is 3. The van der Waals surface area contributed by atoms with Crippen molar-refractivity contribution in [2.75, 3.05) is 11.1 Å². The lowest BCUT2D eigenvalue weighted by Gasteiger charge is -2.28. The predicted octanol–water partition coefficient (Wildman–Crippen LogP) is 4.57. The molecule has 0 aliphatic heterocycles. The van der Waals surface area contributed by atoms with Crippen molar-refractivity contribution in [2.45, 2.75) is 38.6 Å². The molecule has 1 saturated carbocycles. The van der Waals surface area contributed by atoms with E-state index in [9.17, 15) is 0 Å². The van der Waals surface area contributed by atoms with Gasteiger partial charge in [-0.25, -0.2) is 0 Å². The first-order valence-corrected chi connectivity index (χ1v) is 8.03. The maximum absolute atomic E-state index is 6.14. The summed E-state index contributed by atoms with van der Waals surface area (Å²) in [6.45, 7) is 2.34. The highest BCUT2D eigenvalue weighted by Crippen LogP contribution is 2.33. The van der Waals surface area contributed by atoms with Crippen LogP contribution in [0, 0.1) is 5.92 Å². The van der Waals surface area contributed by atoms with Crippen LogP contribution in [0.5, 0.6) is 0 Å². The van der Waals surface area contributed by atoms with E-state index in [2.05, 4.69) is 39.2 Å². The van der Waals surface area contributed by atoms with Crippen LogP contribution < -0.4 is 11.1 Å². The van der Waals surface area contributed by atoms with Gasteiger partial charge >= 0.3 is 0 Å². The zero-order chi connectivity index (χ0) is 14.1. The summed E-state index contributed by atoms with van der Waals surface area (Å²) >= 11 is 3.53. The predicted molar refractivity (Wildman–Crippen MR) is 88.9 cm³/mol. The molecule has 3 rings (SSSR count). The van der Waals surface area contributed by atoms with E-state index >= 15 is 0 Å². The third-order valence-electron chi connectivity index (χ3n) is 4.22. The van der Waals surface area contributed by atoms with Crippen LogP contribution in [0.15, 0.2) is 28.9 Å². The average molecular weight is 334 g/mol. The molecule has 106 valence electrons. The number of pyridine rings is 1. The summed E-state index contributed by atoms with van der Waals surface area (Å²) in [6, 6.07) is 6.65. The smallest absolute Gasteiger partial charge is 0.0743 e. The van der Waals surface area contributed by atoms with Crippen molar-refractivity contribution < 1.29 is 0 Å². The van der Waals surface area contributed by atoms with Crippen LogP contribution in [0.1, 0.15) is 32.6 Å². The van der Waals surface area contributed by atoms with E-state index in [4.69, 9.17) is 5.73 Å². The van der Waals surface area contributed by atoms with Crippen molar-refractivity contribution in [1.29, 1.82) is 0 Å². The van der Waals surface area contributed by atoms with E-state index in [1.807, 2.05) is 12.1 Å². The summed E-state index contributed by atoms with van der Waals surface area (Å²) in [4.78, 5) is 4.40. The van der Waals surface area contributed by atoms with Crippen LogP contribution in [0.3, 0.4) is 0 Å². The molecule has 3 N–H and O–H groups in total. The van der Waals surface area contributed by atoms with Crippen molar-refractivity contribution in [3.63, 3.8) is 0 Å². The summed E-state index contributed by atoms with van der Waals surface area (Å²) in [5.74, 6) is 0.855. The minimum Gasteiger partial charge on any atom is -0.396 e. The summed E-state index contributed by atoms with van der Waals surface area (Å²) in [5, 5.41) is 4.75. The number of nitrogen functional groups attached to an aromatic ring is 1. The Hall–Kier alpha value is -1.29. The van der Waals surface area contributed by atoms with Gasteiger partial charge in [-0.15, -0.1) is 0 Å². The van der Waals surface area contributed by atoms with Gasteiger partial charge in [-0.2, -0.15) is 0 Å². The molecule has 1 fully saturated rings. The zero-order valence-electron chi connectivity index (χ0n) is 11.7. The van der Waals surface area contributed by atoms with Crippen molar-refractivity contribution in [1.82, 2.24) is 4.98 Å². The second-order valence-electron chi connectivity index (χ2n) is 5.85. The maximum Gasteiger partial charge on any atom is 0.0743 e. The Kier molecular flexibility index (Phi) is 3.83. The highest BCUT2D eigenvalue weighted by atomic mass is 79.9. The summed E-state index contributed by atoms with van der Waals surface area (Å²) in [6.07, 6.45) is 6.79. The fourth-order valence-electron chi connectivity index (χ4n) is 2.95. The van der Waals surface area contributed by atoms with Crippen LogP contribution in [0.4, 0.5) is 11.4 Å². The second-order valence-corrected chi connectivity index (χ2v) is 6.77. The number of nitrogens with zero attached hydrogens (tertiary/aromatic N) is 1. The van der Waals surface area contributed by atoms with E-state index in [0.29, 0.717) is 6.04 Å². The number of fused-ring (bicyclic) bond motifs is 1. The number of nitrogens with two attached hydrogens (primary N) is 1. The van der Waals surface area contributed by atoms with E-state index in [-0.39, 0.29) is 0 Å². The van der Waals surface area contributed by atoms with E-state index in [1.165, 1.54) is 25.7 Å². The van der Waals surface area contributed by atoms with E-state index < -0.39 is 0 Å². The highest BCUT2D eigenvalue weighted by Gasteiger charge is 2.19. The second kappa shape index (κ2) is 5.60. The Morgan fingerprint density at radius 2 is 2.00 bits per heavy atom. The Bertz CT molecular complexity index is 613. The lowest BCUT2D eigenvalue weighted by Crippen LogP contribution is -2.25. The van der Waals surface area contributed by atoms with Gasteiger partial charge in [0.2, 0.25) is 0 Å². The molecular formula is C16H20BrN3. The van der Waals surface area contributed by atoms with Gasteiger partial charge < -0.3 is 11.1 Å². The Morgan fingerprint density at radius 1 is 1.25 bits per heavy atom. The first-order chi connectivity index (χ1) is 9.63. The average Bonchev–Trinajstić information content (AvgIpc) is 2.44. The van der Waals surface area contributed by atoms with Gasteiger partial charge in [0.1, 0.15) is 0 Å². The van der Waals surface area contributed by atoms with Crippen molar-refractivity contribution in [3.05, 3.63) is 28.9 Å². The number of rotatable bonds is 2. The number of nitrogens with one attached hydrogen (secondary N) is 1. The van der Waals surface area contributed by atoms with Gasteiger partial charge in [-0.05, 0) is 49.8 Å². The minimum atomic E-state index is 0.526. The normalized spacial score (nSPS) is 22.9. The standard InChI is InChI=1S/C16H20BrN3/c1-10-2-5-12(6-3-10)20-16-13-8-11(17)4-7-15(13)19-9-14(16)18/h4,7-10,12H,2-3,5-6,18H2,1H3,(H,19,20)/t10-,12+. The van der Waals surface area contributed by atoms with Crippen LogP contribution in [-0.4, -0.2) is 11.0 Å². The molecule has 1 aliphatic carbocycles. The molecule has 1 aliphatic rings. The fourth-order valence-corrected chi connectivity index (χ4v) is 3.31. The fraction of sp³-hybridized carbons (Fsp3) is 0.438. The number of benzene rings is 1. The quantitative estimate of drug-likeness (QED) is 0.846. The monoisotopic (exact) mass is 333 g/mol. The first kappa shape index (κ1) is 13.7. The molecule has 0 spiro atoms. The largest absolute Gasteiger partial charge is 0.396 e. The number of anilines is 2. The Balaban J connectivity index is 1.93. The molecule has 3 nitrogen and oxygen atoms in total. The molecule has 0 unspecified atom stereocenters. The molecule has 1 aromatic carbocycles. The molecule has 20 heavy (non-hydrogen) atoms. The van der Waals surface area contributed by atoms with Gasteiger partial charge in [-0.1, -0.05) is 22.9 Å². The van der Waals surface area contributed by atoms with Crippen LogP contribution in [-0.2, 0) is 0 Å². The number of hydrogen-bond donors (Lipinski definition) is 2. The van der Waals surface area contributed by atoms with Gasteiger partial charge in [0.25, 0.3) is 0 Å². The molecule has 2 aromatic rings. The van der Waals surface area contributed by atoms with Crippen molar-refractivity contribution >= 4 is 38.2 Å². The summed E-state index contributed by atoms with van der Waals surface area (Å²) in [7, 11) is 0. The lowest BCUT2D eigenvalue weighted by molar-refractivity contribution is 0.361. The molecule has 0 amide bonds. The van der Waals surface area contributed by atoms with Gasteiger partial charge in [0, 0.05) is 15.9 Å². The number of halogens is 1. The van der Waals surface area contributed by atoms with Gasteiger partial charge in [-0.3, -0.25) is 4.98 Å². The molecule has 0 saturated heterocycles. The van der Waals surface area contributed by atoms with E-state index in [1.54, 1.807) is 6.20 Å². The topological polar surface area (TPSA) is 50.9 Å². The Labute approximate surface area is 128 Å². The lowest BCUT2D eigenvalue weighted by atomic mass is 9.87.